The molecule has 0 bridgehead atoms. The molecule has 0 aliphatic carbocycles. The minimum atomic E-state index is -0.526. The molecule has 9 nitrogen and oxygen atoms in total. The molecule has 0 unspecified atom stereocenters. The molecule has 26 heavy (non-hydrogen) atoms. The average molecular weight is 381 g/mol. The van der Waals surface area contributed by atoms with Crippen LogP contribution in [0.25, 0.3) is 5.69 Å². The van der Waals surface area contributed by atoms with Crippen molar-refractivity contribution >= 4 is 24.0 Å². The molecule has 0 saturated carbocycles. The number of carbonyl (C=O) groups excluding carboxylic acids is 1. The van der Waals surface area contributed by atoms with Gasteiger partial charge in [0, 0.05) is 18.2 Å². The van der Waals surface area contributed by atoms with Crippen LogP contribution in [0.5, 0.6) is 0 Å². The average Bonchev–Trinajstić information content (AvgIpc) is 3.14. The zero-order chi connectivity index (χ0) is 17.9. The molecule has 0 atom stereocenters. The lowest BCUT2D eigenvalue weighted by atomic mass is 9.81. The van der Waals surface area contributed by atoms with Crippen molar-refractivity contribution < 1.29 is 9.72 Å². The summed E-state index contributed by atoms with van der Waals surface area (Å²) in [7, 11) is 0. The first-order valence-corrected chi connectivity index (χ1v) is 8.11. The third kappa shape index (κ3) is 4.36. The summed E-state index contributed by atoms with van der Waals surface area (Å²) in [5.41, 5.74) is 0.386. The monoisotopic (exact) mass is 380 g/mol. The first-order valence-electron chi connectivity index (χ1n) is 8.11. The number of aromatic nitrogens is 3. The van der Waals surface area contributed by atoms with Crippen molar-refractivity contribution in [3.8, 4) is 5.69 Å². The smallest absolute Gasteiger partial charge is 0.295 e. The van der Waals surface area contributed by atoms with Crippen molar-refractivity contribution in [3.63, 3.8) is 0 Å². The van der Waals surface area contributed by atoms with E-state index in [1.807, 2.05) is 0 Å². The SMILES string of the molecule is CC1(CNC(=O)c2ccc(-n3cncn3)c([N+](=O)[O-])c2)CCNCC1.Cl. The highest BCUT2D eigenvalue weighted by molar-refractivity contribution is 5.95. The predicted molar refractivity (Wildman–Crippen MR) is 97.8 cm³/mol. The number of carbonyl (C=O) groups is 1. The molecule has 3 rings (SSSR count). The van der Waals surface area contributed by atoms with E-state index in [0.29, 0.717) is 6.54 Å². The van der Waals surface area contributed by atoms with Crippen LogP contribution in [0.4, 0.5) is 5.69 Å². The van der Waals surface area contributed by atoms with E-state index in [9.17, 15) is 14.9 Å². The molecule has 1 amide bonds. The molecule has 1 saturated heterocycles. The summed E-state index contributed by atoms with van der Waals surface area (Å²) in [6.45, 7) is 4.56. The van der Waals surface area contributed by atoms with Gasteiger partial charge in [0.2, 0.25) is 0 Å². The zero-order valence-corrected chi connectivity index (χ0v) is 15.2. The van der Waals surface area contributed by atoms with E-state index < -0.39 is 4.92 Å². The second-order valence-electron chi connectivity index (χ2n) is 6.54. The maximum atomic E-state index is 12.4. The van der Waals surface area contributed by atoms with Crippen LogP contribution in [-0.2, 0) is 0 Å². The summed E-state index contributed by atoms with van der Waals surface area (Å²) in [5, 5.41) is 21.5. The van der Waals surface area contributed by atoms with Crippen LogP contribution in [-0.4, -0.2) is 45.2 Å². The Morgan fingerprint density at radius 1 is 1.42 bits per heavy atom. The minimum Gasteiger partial charge on any atom is -0.351 e. The molecule has 0 spiro atoms. The summed E-state index contributed by atoms with van der Waals surface area (Å²) in [6.07, 6.45) is 4.64. The fourth-order valence-electron chi connectivity index (χ4n) is 2.94. The molecule has 1 aromatic carbocycles. The van der Waals surface area contributed by atoms with E-state index in [0.717, 1.165) is 25.9 Å². The fraction of sp³-hybridized carbons (Fsp3) is 0.438. The number of nitrogens with one attached hydrogen (secondary N) is 2. The summed E-state index contributed by atoms with van der Waals surface area (Å²) in [4.78, 5) is 27.0. The number of rotatable bonds is 5. The van der Waals surface area contributed by atoms with Crippen molar-refractivity contribution in [2.75, 3.05) is 19.6 Å². The van der Waals surface area contributed by atoms with Gasteiger partial charge in [-0.15, -0.1) is 12.4 Å². The molecule has 2 N–H and O–H groups in total. The van der Waals surface area contributed by atoms with Crippen LogP contribution >= 0.6 is 12.4 Å². The van der Waals surface area contributed by atoms with Crippen molar-refractivity contribution in [2.24, 2.45) is 5.41 Å². The van der Waals surface area contributed by atoms with Crippen LogP contribution in [0, 0.1) is 15.5 Å². The Hall–Kier alpha value is -2.52. The number of hydrogen-bond donors (Lipinski definition) is 2. The molecular formula is C16H21ClN6O3. The molecule has 140 valence electrons. The Morgan fingerprint density at radius 2 is 2.15 bits per heavy atom. The lowest BCUT2D eigenvalue weighted by Crippen LogP contribution is -2.42. The number of nitro benzene ring substituents is 1. The highest BCUT2D eigenvalue weighted by Gasteiger charge is 2.27. The Kier molecular flexibility index (Phi) is 6.27. The highest BCUT2D eigenvalue weighted by atomic mass is 35.5. The van der Waals surface area contributed by atoms with Gasteiger partial charge < -0.3 is 10.6 Å². The Morgan fingerprint density at radius 3 is 2.77 bits per heavy atom. The summed E-state index contributed by atoms with van der Waals surface area (Å²) in [6, 6.07) is 4.34. The van der Waals surface area contributed by atoms with Crippen molar-refractivity contribution in [3.05, 3.63) is 46.5 Å². The minimum absolute atomic E-state index is 0. The Balaban J connectivity index is 0.00000243. The van der Waals surface area contributed by atoms with Gasteiger partial charge in [-0.1, -0.05) is 6.92 Å². The number of nitro groups is 1. The predicted octanol–water partition coefficient (Wildman–Crippen LogP) is 1.72. The lowest BCUT2D eigenvalue weighted by molar-refractivity contribution is -0.384. The first-order chi connectivity index (χ1) is 12.0. The van der Waals surface area contributed by atoms with Gasteiger partial charge in [0.15, 0.2) is 0 Å². The van der Waals surface area contributed by atoms with Gasteiger partial charge in [-0.2, -0.15) is 5.10 Å². The second-order valence-corrected chi connectivity index (χ2v) is 6.54. The van der Waals surface area contributed by atoms with E-state index >= 15 is 0 Å². The molecule has 0 radical (unpaired) electrons. The number of piperidine rings is 1. The normalized spacial score (nSPS) is 15.7. The number of hydrogen-bond acceptors (Lipinski definition) is 6. The van der Waals surface area contributed by atoms with Gasteiger partial charge in [0.05, 0.1) is 4.92 Å². The Bertz CT molecular complexity index is 774. The van der Waals surface area contributed by atoms with Crippen LogP contribution in [0.1, 0.15) is 30.1 Å². The molecule has 1 aliphatic heterocycles. The topological polar surface area (TPSA) is 115 Å². The van der Waals surface area contributed by atoms with E-state index in [1.54, 1.807) is 6.07 Å². The van der Waals surface area contributed by atoms with Gasteiger partial charge in [0.1, 0.15) is 18.3 Å². The maximum Gasteiger partial charge on any atom is 0.295 e. The van der Waals surface area contributed by atoms with Gasteiger partial charge in [-0.25, -0.2) is 9.67 Å². The summed E-state index contributed by atoms with van der Waals surface area (Å²) >= 11 is 0. The second kappa shape index (κ2) is 8.24. The van der Waals surface area contributed by atoms with Crippen LogP contribution in [0.15, 0.2) is 30.9 Å². The number of amides is 1. The summed E-state index contributed by atoms with van der Waals surface area (Å²) < 4.78 is 1.30. The molecule has 2 heterocycles. The zero-order valence-electron chi connectivity index (χ0n) is 14.3. The quantitative estimate of drug-likeness (QED) is 0.602. The van der Waals surface area contributed by atoms with Gasteiger partial charge >= 0.3 is 0 Å². The molecule has 2 aromatic rings. The molecule has 1 aliphatic rings. The van der Waals surface area contributed by atoms with Crippen LogP contribution < -0.4 is 10.6 Å². The van der Waals surface area contributed by atoms with E-state index in [2.05, 4.69) is 27.6 Å². The van der Waals surface area contributed by atoms with Crippen molar-refractivity contribution in [1.82, 2.24) is 25.4 Å². The molecule has 10 heteroatoms. The number of nitrogens with zero attached hydrogens (tertiary/aromatic N) is 4. The molecule has 1 aromatic heterocycles. The lowest BCUT2D eigenvalue weighted by Gasteiger charge is -2.34. The van der Waals surface area contributed by atoms with Crippen molar-refractivity contribution in [2.45, 2.75) is 19.8 Å². The standard InChI is InChI=1S/C16H20N6O3.ClH/c1-16(4-6-17-7-5-16)9-19-15(23)12-2-3-13(14(8-12)22(24)25)21-11-18-10-20-21;/h2-3,8,10-11,17H,4-7,9H2,1H3,(H,19,23);1H. The molecular weight excluding hydrogens is 360 g/mol. The largest absolute Gasteiger partial charge is 0.351 e. The van der Waals surface area contributed by atoms with Gasteiger partial charge in [-0.3, -0.25) is 14.9 Å². The van der Waals surface area contributed by atoms with Gasteiger partial charge in [-0.05, 0) is 43.5 Å². The summed E-state index contributed by atoms with van der Waals surface area (Å²) in [5.74, 6) is -0.312. The van der Waals surface area contributed by atoms with Crippen molar-refractivity contribution in [1.29, 1.82) is 0 Å². The Labute approximate surface area is 156 Å². The fourth-order valence-corrected chi connectivity index (χ4v) is 2.94. The van der Waals surface area contributed by atoms with Gasteiger partial charge in [0.25, 0.3) is 11.6 Å². The first kappa shape index (κ1) is 19.8. The van der Waals surface area contributed by atoms with E-state index in [1.165, 1.54) is 29.5 Å². The molecule has 1 fully saturated rings. The van der Waals surface area contributed by atoms with E-state index in [-0.39, 0.29) is 40.7 Å². The van der Waals surface area contributed by atoms with E-state index in [4.69, 9.17) is 0 Å². The third-order valence-electron chi connectivity index (χ3n) is 4.59. The maximum absolute atomic E-state index is 12.4. The third-order valence-corrected chi connectivity index (χ3v) is 4.59. The van der Waals surface area contributed by atoms with Crippen LogP contribution in [0.2, 0.25) is 0 Å². The number of halogens is 1. The highest BCUT2D eigenvalue weighted by Crippen LogP contribution is 2.27. The number of benzene rings is 1. The van der Waals surface area contributed by atoms with Crippen LogP contribution in [0.3, 0.4) is 0 Å².